The average Bonchev–Trinajstić information content (AvgIpc) is 2.87. The number of pyridine rings is 1. The second-order valence-corrected chi connectivity index (χ2v) is 8.72. The first kappa shape index (κ1) is 23.2. The zero-order valence-corrected chi connectivity index (χ0v) is 19.1. The Hall–Kier alpha value is -2.94. The fourth-order valence-electron chi connectivity index (χ4n) is 4.72. The second-order valence-electron chi connectivity index (χ2n) is 8.72. The first-order valence-corrected chi connectivity index (χ1v) is 11.6. The number of benzene rings is 2. The molecule has 172 valence electrons. The van der Waals surface area contributed by atoms with Crippen LogP contribution < -0.4 is 4.74 Å². The number of hydrogen-bond acceptors (Lipinski definition) is 4. The van der Waals surface area contributed by atoms with Crippen LogP contribution in [0.15, 0.2) is 60.8 Å². The molecule has 1 aliphatic rings. The van der Waals surface area contributed by atoms with E-state index in [4.69, 9.17) is 4.74 Å². The van der Waals surface area contributed by atoms with Crippen molar-refractivity contribution in [2.24, 2.45) is 11.8 Å². The number of alkyl halides is 1. The maximum atomic E-state index is 15.3. The van der Waals surface area contributed by atoms with Gasteiger partial charge in [-0.25, -0.2) is 4.39 Å². The molecule has 3 aromatic rings. The number of halogens is 1. The summed E-state index contributed by atoms with van der Waals surface area (Å²) in [5.41, 5.74) is 2.45. The molecule has 2 aromatic carbocycles. The minimum absolute atomic E-state index is 0.125. The highest BCUT2D eigenvalue weighted by Gasteiger charge is 2.29. The van der Waals surface area contributed by atoms with Crippen LogP contribution in [-0.4, -0.2) is 48.3 Å². The van der Waals surface area contributed by atoms with E-state index in [2.05, 4.69) is 21.7 Å². The fraction of sp³-hybridized carbons (Fsp3) is 0.393. The van der Waals surface area contributed by atoms with Crippen LogP contribution in [0.1, 0.15) is 36.6 Å². The summed E-state index contributed by atoms with van der Waals surface area (Å²) in [4.78, 5) is 6.65. The molecule has 1 unspecified atom stereocenters. The lowest BCUT2D eigenvalue weighted by Crippen LogP contribution is -2.42. The summed E-state index contributed by atoms with van der Waals surface area (Å²) in [5.74, 6) is 7.61. The Labute approximate surface area is 195 Å². The number of fused-ring (bicyclic) bond motifs is 1. The third-order valence-corrected chi connectivity index (χ3v) is 6.63. The molecule has 1 fully saturated rings. The molecule has 1 saturated heterocycles. The zero-order chi connectivity index (χ0) is 23.0. The molecule has 33 heavy (non-hydrogen) atoms. The van der Waals surface area contributed by atoms with Gasteiger partial charge in [0.1, 0.15) is 11.9 Å². The molecule has 4 nitrogen and oxygen atoms in total. The Bertz CT molecular complexity index is 1110. The minimum Gasteiger partial charge on any atom is -0.497 e. The molecule has 0 spiro atoms. The molecule has 0 amide bonds. The van der Waals surface area contributed by atoms with Gasteiger partial charge in [-0.2, -0.15) is 0 Å². The van der Waals surface area contributed by atoms with Crippen molar-refractivity contribution in [3.8, 4) is 17.6 Å². The molecule has 1 aliphatic heterocycles. The second kappa shape index (κ2) is 11.3. The Morgan fingerprint density at radius 1 is 1.18 bits per heavy atom. The van der Waals surface area contributed by atoms with Crippen LogP contribution in [0.2, 0.25) is 0 Å². The van der Waals surface area contributed by atoms with E-state index in [9.17, 15) is 5.11 Å². The summed E-state index contributed by atoms with van der Waals surface area (Å²) in [6, 6.07) is 17.3. The van der Waals surface area contributed by atoms with Gasteiger partial charge in [0.15, 0.2) is 0 Å². The van der Waals surface area contributed by atoms with Gasteiger partial charge in [-0.05, 0) is 79.6 Å². The quantitative estimate of drug-likeness (QED) is 0.518. The average molecular weight is 447 g/mol. The number of ether oxygens (including phenoxy) is 1. The van der Waals surface area contributed by atoms with Crippen molar-refractivity contribution in [3.05, 3.63) is 71.9 Å². The third kappa shape index (κ3) is 5.90. The molecule has 0 radical (unpaired) electrons. The predicted octanol–water partition coefficient (Wildman–Crippen LogP) is 5.02. The molecular formula is C28H31FN2O2. The maximum absolute atomic E-state index is 15.3. The van der Waals surface area contributed by atoms with E-state index >= 15 is 4.39 Å². The van der Waals surface area contributed by atoms with Crippen LogP contribution in [0, 0.1) is 23.7 Å². The molecule has 0 bridgehead atoms. The lowest BCUT2D eigenvalue weighted by Gasteiger charge is -2.37. The van der Waals surface area contributed by atoms with E-state index in [0.717, 1.165) is 42.4 Å². The van der Waals surface area contributed by atoms with E-state index < -0.39 is 6.17 Å². The normalized spacial score (nSPS) is 19.6. The number of nitrogens with zero attached hydrogens (tertiary/aromatic N) is 2. The summed E-state index contributed by atoms with van der Waals surface area (Å²) < 4.78 is 20.6. The standard InChI is InChI=1S/C28H31FN2O2/c1-33-24-10-12-28-26(18-24)25(13-15-30-28)27(29)11-9-22-14-17-31(19-23(22)20-32)16-5-8-21-6-3-2-4-7-21/h2-4,6-7,10,12-13,15,18,22-23,27,32H,9,11,14,16-17,19-20H2,1H3/t22-,23-,27?/m1/s1. The summed E-state index contributed by atoms with van der Waals surface area (Å²) in [6.07, 6.45) is 2.74. The smallest absolute Gasteiger partial charge is 0.126 e. The highest BCUT2D eigenvalue weighted by Crippen LogP contribution is 2.35. The van der Waals surface area contributed by atoms with Crippen LogP contribution in [0.3, 0.4) is 0 Å². The number of aliphatic hydroxyl groups is 1. The number of methoxy groups -OCH3 is 1. The zero-order valence-electron chi connectivity index (χ0n) is 19.1. The monoisotopic (exact) mass is 446 g/mol. The van der Waals surface area contributed by atoms with Crippen molar-refractivity contribution in [1.82, 2.24) is 9.88 Å². The summed E-state index contributed by atoms with van der Waals surface area (Å²) >= 11 is 0. The van der Waals surface area contributed by atoms with Crippen LogP contribution in [0.25, 0.3) is 10.9 Å². The van der Waals surface area contributed by atoms with E-state index in [-0.39, 0.29) is 12.5 Å². The predicted molar refractivity (Wildman–Crippen MR) is 130 cm³/mol. The largest absolute Gasteiger partial charge is 0.497 e. The molecular weight excluding hydrogens is 415 g/mol. The highest BCUT2D eigenvalue weighted by molar-refractivity contribution is 5.83. The number of aromatic nitrogens is 1. The van der Waals surface area contributed by atoms with E-state index in [1.54, 1.807) is 19.4 Å². The number of likely N-dealkylation sites (tertiary alicyclic amines) is 1. The van der Waals surface area contributed by atoms with Crippen LogP contribution >= 0.6 is 0 Å². The van der Waals surface area contributed by atoms with Gasteiger partial charge in [0.2, 0.25) is 0 Å². The summed E-state index contributed by atoms with van der Waals surface area (Å²) in [5, 5.41) is 10.8. The first-order valence-electron chi connectivity index (χ1n) is 11.6. The van der Waals surface area contributed by atoms with Gasteiger partial charge in [-0.3, -0.25) is 9.88 Å². The van der Waals surface area contributed by atoms with Crippen LogP contribution in [-0.2, 0) is 0 Å². The Morgan fingerprint density at radius 2 is 2.03 bits per heavy atom. The fourth-order valence-corrected chi connectivity index (χ4v) is 4.72. The molecule has 1 N–H and O–H groups in total. The molecule has 0 saturated carbocycles. The lowest BCUT2D eigenvalue weighted by molar-refractivity contribution is 0.0708. The highest BCUT2D eigenvalue weighted by atomic mass is 19.1. The maximum Gasteiger partial charge on any atom is 0.126 e. The Balaban J connectivity index is 1.34. The molecule has 1 aromatic heterocycles. The molecule has 5 heteroatoms. The van der Waals surface area contributed by atoms with Crippen LogP contribution in [0.5, 0.6) is 5.75 Å². The van der Waals surface area contributed by atoms with Gasteiger partial charge in [0.05, 0.1) is 19.2 Å². The van der Waals surface area contributed by atoms with Crippen molar-refractivity contribution in [1.29, 1.82) is 0 Å². The van der Waals surface area contributed by atoms with Gasteiger partial charge in [0.25, 0.3) is 0 Å². The molecule has 0 aliphatic carbocycles. The number of piperidine rings is 1. The number of hydrogen-bond donors (Lipinski definition) is 1. The van der Waals surface area contributed by atoms with Gasteiger partial charge in [0, 0.05) is 30.3 Å². The third-order valence-electron chi connectivity index (χ3n) is 6.63. The topological polar surface area (TPSA) is 45.6 Å². The Morgan fingerprint density at radius 3 is 2.82 bits per heavy atom. The van der Waals surface area contributed by atoms with Crippen molar-refractivity contribution in [3.63, 3.8) is 0 Å². The minimum atomic E-state index is -1.07. The number of aliphatic hydroxyl groups excluding tert-OH is 1. The van der Waals surface area contributed by atoms with Gasteiger partial charge in [-0.1, -0.05) is 30.0 Å². The molecule has 4 rings (SSSR count). The Kier molecular flexibility index (Phi) is 7.93. The van der Waals surface area contributed by atoms with Gasteiger partial charge >= 0.3 is 0 Å². The van der Waals surface area contributed by atoms with Crippen LogP contribution in [0.4, 0.5) is 4.39 Å². The first-order chi connectivity index (χ1) is 16.2. The van der Waals surface area contributed by atoms with Crippen molar-refractivity contribution in [2.45, 2.75) is 25.4 Å². The van der Waals surface area contributed by atoms with E-state index in [1.807, 2.05) is 48.5 Å². The summed E-state index contributed by atoms with van der Waals surface area (Å²) in [7, 11) is 1.61. The van der Waals surface area contributed by atoms with E-state index in [0.29, 0.717) is 30.2 Å². The van der Waals surface area contributed by atoms with E-state index in [1.165, 1.54) is 0 Å². The lowest BCUT2D eigenvalue weighted by atomic mass is 9.81. The number of rotatable bonds is 7. The van der Waals surface area contributed by atoms with Crippen molar-refractivity contribution >= 4 is 10.9 Å². The molecule has 3 atom stereocenters. The molecule has 2 heterocycles. The van der Waals surface area contributed by atoms with Crippen molar-refractivity contribution < 1.29 is 14.2 Å². The van der Waals surface area contributed by atoms with Crippen molar-refractivity contribution in [2.75, 3.05) is 33.4 Å². The SMILES string of the molecule is COc1ccc2nccc(C(F)CC[C@@H]3CCN(CC#Cc4ccccc4)C[C@@H]3CO)c2c1. The van der Waals surface area contributed by atoms with Gasteiger partial charge in [-0.15, -0.1) is 0 Å². The summed E-state index contributed by atoms with van der Waals surface area (Å²) in [6.45, 7) is 2.54. The van der Waals surface area contributed by atoms with Gasteiger partial charge < -0.3 is 9.84 Å².